The Bertz CT molecular complexity index is 807. The third-order valence-electron chi connectivity index (χ3n) is 4.79. The molecule has 1 aromatic carbocycles. The van der Waals surface area contributed by atoms with Crippen molar-refractivity contribution < 1.29 is 9.90 Å². The first-order valence-electron chi connectivity index (χ1n) is 9.45. The SMILES string of the molecule is CC(C)=CCN1CCc2c(c(C(=O)NCc3ccccc3)nn2CCO)C1. The summed E-state index contributed by atoms with van der Waals surface area (Å²) in [7, 11) is 0. The number of amides is 1. The summed E-state index contributed by atoms with van der Waals surface area (Å²) in [5.41, 5.74) is 4.89. The molecule has 2 heterocycles. The van der Waals surface area contributed by atoms with E-state index in [0.29, 0.717) is 25.3 Å². The molecule has 6 nitrogen and oxygen atoms in total. The van der Waals surface area contributed by atoms with E-state index in [1.807, 2.05) is 30.3 Å². The molecule has 0 atom stereocenters. The zero-order valence-electron chi connectivity index (χ0n) is 16.1. The Labute approximate surface area is 160 Å². The second-order valence-electron chi connectivity index (χ2n) is 7.16. The average Bonchev–Trinajstić information content (AvgIpc) is 3.03. The van der Waals surface area contributed by atoms with Gasteiger partial charge in [0.2, 0.25) is 0 Å². The van der Waals surface area contributed by atoms with Crippen molar-refractivity contribution in [2.45, 2.75) is 39.9 Å². The van der Waals surface area contributed by atoms with Crippen LogP contribution < -0.4 is 5.32 Å². The predicted molar refractivity (Wildman–Crippen MR) is 105 cm³/mol. The molecule has 6 heteroatoms. The number of allylic oxidation sites excluding steroid dienone is 1. The summed E-state index contributed by atoms with van der Waals surface area (Å²) in [5, 5.41) is 16.8. The maximum atomic E-state index is 12.8. The van der Waals surface area contributed by atoms with Crippen LogP contribution in [0.3, 0.4) is 0 Å². The van der Waals surface area contributed by atoms with Crippen molar-refractivity contribution >= 4 is 5.91 Å². The summed E-state index contributed by atoms with van der Waals surface area (Å²) >= 11 is 0. The fourth-order valence-electron chi connectivity index (χ4n) is 3.34. The number of nitrogens with one attached hydrogen (secondary N) is 1. The van der Waals surface area contributed by atoms with E-state index < -0.39 is 0 Å². The maximum absolute atomic E-state index is 12.8. The van der Waals surface area contributed by atoms with Gasteiger partial charge in [-0.25, -0.2) is 0 Å². The zero-order chi connectivity index (χ0) is 19.2. The first-order valence-corrected chi connectivity index (χ1v) is 9.45. The number of hydrogen-bond acceptors (Lipinski definition) is 4. The minimum atomic E-state index is -0.157. The van der Waals surface area contributed by atoms with Crippen molar-refractivity contribution in [2.24, 2.45) is 0 Å². The molecule has 0 saturated heterocycles. The molecule has 0 fully saturated rings. The molecule has 0 saturated carbocycles. The van der Waals surface area contributed by atoms with Crippen LogP contribution >= 0.6 is 0 Å². The van der Waals surface area contributed by atoms with Crippen LogP contribution in [0.4, 0.5) is 0 Å². The number of benzene rings is 1. The van der Waals surface area contributed by atoms with Gasteiger partial charge < -0.3 is 10.4 Å². The number of carbonyl (C=O) groups excluding carboxylic acids is 1. The number of nitrogens with zero attached hydrogens (tertiary/aromatic N) is 3. The van der Waals surface area contributed by atoms with Crippen molar-refractivity contribution in [1.82, 2.24) is 20.0 Å². The van der Waals surface area contributed by atoms with E-state index in [-0.39, 0.29) is 12.5 Å². The zero-order valence-corrected chi connectivity index (χ0v) is 16.1. The third kappa shape index (κ3) is 4.84. The topological polar surface area (TPSA) is 70.4 Å². The highest BCUT2D eigenvalue weighted by Crippen LogP contribution is 2.23. The van der Waals surface area contributed by atoms with Crippen LogP contribution in [-0.2, 0) is 26.1 Å². The molecule has 1 amide bonds. The summed E-state index contributed by atoms with van der Waals surface area (Å²) in [4.78, 5) is 15.1. The van der Waals surface area contributed by atoms with Crippen LogP contribution in [0.15, 0.2) is 42.0 Å². The summed E-state index contributed by atoms with van der Waals surface area (Å²) in [5.74, 6) is -0.157. The highest BCUT2D eigenvalue weighted by molar-refractivity contribution is 5.94. The maximum Gasteiger partial charge on any atom is 0.272 e. The minimum absolute atomic E-state index is 0.0146. The molecule has 0 bridgehead atoms. The molecule has 1 aliphatic heterocycles. The first-order chi connectivity index (χ1) is 13.1. The van der Waals surface area contributed by atoms with Gasteiger partial charge in [0.1, 0.15) is 0 Å². The Morgan fingerprint density at radius 2 is 2.07 bits per heavy atom. The van der Waals surface area contributed by atoms with Gasteiger partial charge in [0.25, 0.3) is 5.91 Å². The molecule has 0 unspecified atom stereocenters. The lowest BCUT2D eigenvalue weighted by Crippen LogP contribution is -2.33. The Morgan fingerprint density at radius 3 is 2.78 bits per heavy atom. The van der Waals surface area contributed by atoms with Crippen LogP contribution in [0.5, 0.6) is 0 Å². The molecule has 0 spiro atoms. The lowest BCUT2D eigenvalue weighted by Gasteiger charge is -2.26. The van der Waals surface area contributed by atoms with Gasteiger partial charge >= 0.3 is 0 Å². The van der Waals surface area contributed by atoms with Crippen molar-refractivity contribution in [3.8, 4) is 0 Å². The normalized spacial score (nSPS) is 13.9. The molecule has 144 valence electrons. The quantitative estimate of drug-likeness (QED) is 0.735. The minimum Gasteiger partial charge on any atom is -0.394 e. The summed E-state index contributed by atoms with van der Waals surface area (Å²) in [6.07, 6.45) is 3.04. The van der Waals surface area contributed by atoms with Crippen molar-refractivity contribution in [2.75, 3.05) is 19.7 Å². The van der Waals surface area contributed by atoms with E-state index in [1.165, 1.54) is 5.57 Å². The lowest BCUT2D eigenvalue weighted by molar-refractivity contribution is 0.0942. The van der Waals surface area contributed by atoms with E-state index in [2.05, 4.69) is 35.2 Å². The van der Waals surface area contributed by atoms with E-state index in [1.54, 1.807) is 4.68 Å². The monoisotopic (exact) mass is 368 g/mol. The largest absolute Gasteiger partial charge is 0.394 e. The number of aliphatic hydroxyl groups is 1. The number of hydrogen-bond donors (Lipinski definition) is 2. The van der Waals surface area contributed by atoms with Crippen LogP contribution in [0, 0.1) is 0 Å². The van der Waals surface area contributed by atoms with Crippen LogP contribution in [0.2, 0.25) is 0 Å². The van der Waals surface area contributed by atoms with Crippen LogP contribution in [0.25, 0.3) is 0 Å². The van der Waals surface area contributed by atoms with Gasteiger partial charge in [0.15, 0.2) is 5.69 Å². The standard InChI is InChI=1S/C21H28N4O2/c1-16(2)8-10-24-11-9-19-18(15-24)20(23-25(19)12-13-26)21(27)22-14-17-6-4-3-5-7-17/h3-8,26H,9-15H2,1-2H3,(H,22,27). The lowest BCUT2D eigenvalue weighted by atomic mass is 10.0. The molecule has 0 aliphatic carbocycles. The van der Waals surface area contributed by atoms with Gasteiger partial charge in [-0.3, -0.25) is 14.4 Å². The van der Waals surface area contributed by atoms with Crippen molar-refractivity contribution in [3.63, 3.8) is 0 Å². The molecule has 1 aromatic heterocycles. The average molecular weight is 368 g/mol. The highest BCUT2D eigenvalue weighted by atomic mass is 16.3. The molecule has 2 aromatic rings. The second-order valence-corrected chi connectivity index (χ2v) is 7.16. The van der Waals surface area contributed by atoms with Gasteiger partial charge in [0.05, 0.1) is 13.2 Å². The highest BCUT2D eigenvalue weighted by Gasteiger charge is 2.27. The summed E-state index contributed by atoms with van der Waals surface area (Å²) < 4.78 is 1.80. The third-order valence-corrected chi connectivity index (χ3v) is 4.79. The molecule has 3 rings (SSSR count). The fraction of sp³-hybridized carbons (Fsp3) is 0.429. The van der Waals surface area contributed by atoms with Crippen molar-refractivity contribution in [3.05, 3.63) is 64.5 Å². The Hall–Kier alpha value is -2.44. The molecule has 0 radical (unpaired) electrons. The molecular formula is C21H28N4O2. The molecule has 1 aliphatic rings. The smallest absolute Gasteiger partial charge is 0.272 e. The number of fused-ring (bicyclic) bond motifs is 1. The first kappa shape index (κ1) is 19.3. The molecular weight excluding hydrogens is 340 g/mol. The number of rotatable bonds is 7. The van der Waals surface area contributed by atoms with E-state index >= 15 is 0 Å². The second kappa shape index (κ2) is 8.97. The summed E-state index contributed by atoms with van der Waals surface area (Å²) in [6.45, 7) is 7.61. The fourth-order valence-corrected chi connectivity index (χ4v) is 3.34. The van der Waals surface area contributed by atoms with Gasteiger partial charge in [-0.15, -0.1) is 0 Å². The van der Waals surface area contributed by atoms with Crippen LogP contribution in [-0.4, -0.2) is 45.4 Å². The summed E-state index contributed by atoms with van der Waals surface area (Å²) in [6, 6.07) is 9.85. The Morgan fingerprint density at radius 1 is 1.30 bits per heavy atom. The van der Waals surface area contributed by atoms with E-state index in [4.69, 9.17) is 0 Å². The van der Waals surface area contributed by atoms with Gasteiger partial charge in [-0.2, -0.15) is 5.10 Å². The number of carbonyl (C=O) groups is 1. The Kier molecular flexibility index (Phi) is 6.42. The molecule has 27 heavy (non-hydrogen) atoms. The van der Waals surface area contributed by atoms with Gasteiger partial charge in [-0.05, 0) is 19.4 Å². The van der Waals surface area contributed by atoms with E-state index in [9.17, 15) is 9.90 Å². The number of aliphatic hydroxyl groups excluding tert-OH is 1. The molecule has 2 N–H and O–H groups in total. The van der Waals surface area contributed by atoms with Crippen LogP contribution in [0.1, 0.15) is 41.2 Å². The number of aromatic nitrogens is 2. The predicted octanol–water partition coefficient (Wildman–Crippen LogP) is 2.13. The van der Waals surface area contributed by atoms with Gasteiger partial charge in [0, 0.05) is 43.9 Å². The van der Waals surface area contributed by atoms with Crippen molar-refractivity contribution in [1.29, 1.82) is 0 Å². The Balaban J connectivity index is 1.78. The van der Waals surface area contributed by atoms with E-state index in [0.717, 1.165) is 36.3 Å². The van der Waals surface area contributed by atoms with Gasteiger partial charge in [-0.1, -0.05) is 42.0 Å².